The molecule has 0 saturated heterocycles. The van der Waals surface area contributed by atoms with Gasteiger partial charge in [-0.1, -0.05) is 54.1 Å². The molecule has 1 unspecified atom stereocenters. The molecule has 5 nitrogen and oxygen atoms in total. The number of ether oxygens (including phenoxy) is 1. The summed E-state index contributed by atoms with van der Waals surface area (Å²) in [6.45, 7) is 4.39. The minimum absolute atomic E-state index is 0. The van der Waals surface area contributed by atoms with Crippen molar-refractivity contribution in [2.75, 3.05) is 32.8 Å². The molecule has 0 aliphatic rings. The minimum atomic E-state index is -0.0222. The normalized spacial score (nSPS) is 12.0. The van der Waals surface area contributed by atoms with E-state index in [2.05, 4.69) is 15.6 Å². The highest BCUT2D eigenvalue weighted by molar-refractivity contribution is 14.0. The third-order valence-electron chi connectivity index (χ3n) is 3.79. The van der Waals surface area contributed by atoms with E-state index in [9.17, 15) is 5.11 Å². The van der Waals surface area contributed by atoms with Crippen LogP contribution in [0.4, 0.5) is 0 Å². The first-order chi connectivity index (χ1) is 12.7. The average molecular weight is 504 g/mol. The molecule has 0 aliphatic heterocycles. The Morgan fingerprint density at radius 3 is 2.48 bits per heavy atom. The number of para-hydroxylation sites is 1. The van der Waals surface area contributed by atoms with E-state index in [4.69, 9.17) is 16.3 Å². The van der Waals surface area contributed by atoms with Gasteiger partial charge in [0.2, 0.25) is 0 Å². The Kier molecular flexibility index (Phi) is 11.9. The molecule has 1 atom stereocenters. The highest BCUT2D eigenvalue weighted by Crippen LogP contribution is 2.22. The van der Waals surface area contributed by atoms with Crippen molar-refractivity contribution in [3.05, 3.63) is 65.2 Å². The average Bonchev–Trinajstić information content (AvgIpc) is 2.67. The first-order valence-corrected chi connectivity index (χ1v) is 9.17. The molecule has 0 aliphatic carbocycles. The molecule has 0 radical (unpaired) electrons. The Bertz CT molecular complexity index is 686. The summed E-state index contributed by atoms with van der Waals surface area (Å²) >= 11 is 6.07. The lowest BCUT2D eigenvalue weighted by Crippen LogP contribution is -2.39. The molecule has 0 fully saturated rings. The maximum absolute atomic E-state index is 9.65. The van der Waals surface area contributed by atoms with Crippen LogP contribution in [0.5, 0.6) is 5.75 Å². The highest BCUT2D eigenvalue weighted by atomic mass is 127. The summed E-state index contributed by atoms with van der Waals surface area (Å²) in [5.74, 6) is 1.35. The maximum atomic E-state index is 9.65. The number of aliphatic hydroxyl groups excluding tert-OH is 1. The molecule has 27 heavy (non-hydrogen) atoms. The van der Waals surface area contributed by atoms with Crippen LogP contribution in [0.25, 0.3) is 0 Å². The summed E-state index contributed by atoms with van der Waals surface area (Å²) in [5, 5.41) is 16.7. The van der Waals surface area contributed by atoms with Crippen LogP contribution < -0.4 is 15.4 Å². The Hall–Kier alpha value is -1.51. The zero-order valence-corrected chi connectivity index (χ0v) is 18.5. The van der Waals surface area contributed by atoms with Crippen LogP contribution in [0.3, 0.4) is 0 Å². The zero-order valence-electron chi connectivity index (χ0n) is 15.4. The van der Waals surface area contributed by atoms with Gasteiger partial charge in [0.1, 0.15) is 12.4 Å². The fourth-order valence-corrected chi connectivity index (χ4v) is 2.62. The van der Waals surface area contributed by atoms with Crippen molar-refractivity contribution in [3.63, 3.8) is 0 Å². The van der Waals surface area contributed by atoms with Gasteiger partial charge in [0.05, 0.1) is 24.7 Å². The molecule has 3 N–H and O–H groups in total. The van der Waals surface area contributed by atoms with Crippen molar-refractivity contribution < 1.29 is 9.84 Å². The van der Waals surface area contributed by atoms with Gasteiger partial charge in [-0.2, -0.15) is 0 Å². The van der Waals surface area contributed by atoms with Gasteiger partial charge in [-0.05, 0) is 24.6 Å². The Balaban J connectivity index is 0.00000364. The summed E-state index contributed by atoms with van der Waals surface area (Å²) in [4.78, 5) is 4.58. The predicted octanol–water partition coefficient (Wildman–Crippen LogP) is 3.67. The first-order valence-electron chi connectivity index (χ1n) is 8.80. The zero-order chi connectivity index (χ0) is 18.6. The molecule has 0 saturated carbocycles. The lowest BCUT2D eigenvalue weighted by atomic mass is 10.0. The smallest absolute Gasteiger partial charge is 0.191 e. The Morgan fingerprint density at radius 1 is 1.11 bits per heavy atom. The molecule has 148 valence electrons. The highest BCUT2D eigenvalue weighted by Gasteiger charge is 2.10. The molecule has 0 bridgehead atoms. The summed E-state index contributed by atoms with van der Waals surface area (Å²) < 4.78 is 5.66. The molecule has 0 heterocycles. The molecular weight excluding hydrogens is 477 g/mol. The monoisotopic (exact) mass is 503 g/mol. The number of nitrogens with one attached hydrogen (secondary N) is 2. The van der Waals surface area contributed by atoms with Crippen LogP contribution in [-0.4, -0.2) is 43.9 Å². The van der Waals surface area contributed by atoms with Crippen LogP contribution in [0.15, 0.2) is 59.6 Å². The van der Waals surface area contributed by atoms with Crippen LogP contribution in [0.2, 0.25) is 5.02 Å². The van der Waals surface area contributed by atoms with Crippen LogP contribution in [0.1, 0.15) is 18.4 Å². The lowest BCUT2D eigenvalue weighted by molar-refractivity contribution is 0.268. The Labute approximate surface area is 183 Å². The van der Waals surface area contributed by atoms with Crippen LogP contribution >= 0.6 is 35.6 Å². The topological polar surface area (TPSA) is 65.9 Å². The quantitative estimate of drug-likeness (QED) is 0.211. The number of halogens is 2. The lowest BCUT2D eigenvalue weighted by Gasteiger charge is -2.15. The number of rotatable bonds is 9. The molecule has 2 rings (SSSR count). The van der Waals surface area contributed by atoms with Crippen molar-refractivity contribution in [1.29, 1.82) is 0 Å². The molecule has 0 aromatic heterocycles. The predicted molar refractivity (Wildman–Crippen MR) is 123 cm³/mol. The van der Waals surface area contributed by atoms with E-state index in [0.717, 1.165) is 12.1 Å². The van der Waals surface area contributed by atoms with Gasteiger partial charge >= 0.3 is 0 Å². The second-order valence-electron chi connectivity index (χ2n) is 5.72. The number of nitrogens with zero attached hydrogens (tertiary/aromatic N) is 1. The molecule has 7 heteroatoms. The van der Waals surface area contributed by atoms with E-state index in [0.29, 0.717) is 36.4 Å². The standard InChI is InChI=1S/C20H26ClN3O2.HI/c1-2-22-20(23-12-13-26-19-11-7-6-10-18(19)21)24-14-17(15-25)16-8-4-3-5-9-16;/h3-11,17,25H,2,12-15H2,1H3,(H2,22,23,24);1H. The van der Waals surface area contributed by atoms with Crippen LogP contribution in [-0.2, 0) is 0 Å². The fourth-order valence-electron chi connectivity index (χ4n) is 2.43. The van der Waals surface area contributed by atoms with Crippen molar-refractivity contribution in [2.45, 2.75) is 12.8 Å². The molecule has 0 amide bonds. The third kappa shape index (κ3) is 8.36. The number of hydrogen-bond donors (Lipinski definition) is 3. The van der Waals surface area contributed by atoms with Crippen molar-refractivity contribution in [2.24, 2.45) is 4.99 Å². The van der Waals surface area contributed by atoms with Gasteiger partial charge in [-0.15, -0.1) is 24.0 Å². The summed E-state index contributed by atoms with van der Waals surface area (Å²) in [6.07, 6.45) is 0. The number of aliphatic hydroxyl groups is 1. The van der Waals surface area contributed by atoms with Crippen molar-refractivity contribution >= 4 is 41.5 Å². The molecule has 0 spiro atoms. The van der Waals surface area contributed by atoms with Gasteiger partial charge in [0, 0.05) is 12.5 Å². The second-order valence-corrected chi connectivity index (χ2v) is 6.12. The van der Waals surface area contributed by atoms with Gasteiger partial charge in [0.15, 0.2) is 5.96 Å². The van der Waals surface area contributed by atoms with E-state index in [1.807, 2.05) is 55.5 Å². The van der Waals surface area contributed by atoms with E-state index < -0.39 is 0 Å². The van der Waals surface area contributed by atoms with Gasteiger partial charge in [0.25, 0.3) is 0 Å². The number of aliphatic imine (C=N–C) groups is 1. The SMILES string of the molecule is CCNC(=NCC(CO)c1ccccc1)NCCOc1ccccc1Cl.I. The molecule has 2 aromatic rings. The second kappa shape index (κ2) is 13.6. The summed E-state index contributed by atoms with van der Waals surface area (Å²) in [6, 6.07) is 17.3. The molecule has 2 aromatic carbocycles. The third-order valence-corrected chi connectivity index (χ3v) is 4.11. The number of benzene rings is 2. The van der Waals surface area contributed by atoms with E-state index in [-0.39, 0.29) is 36.5 Å². The number of hydrogen-bond acceptors (Lipinski definition) is 3. The van der Waals surface area contributed by atoms with Gasteiger partial charge < -0.3 is 20.5 Å². The van der Waals surface area contributed by atoms with Gasteiger partial charge in [-0.3, -0.25) is 4.99 Å². The van der Waals surface area contributed by atoms with Crippen molar-refractivity contribution in [1.82, 2.24) is 10.6 Å². The Morgan fingerprint density at radius 2 is 1.81 bits per heavy atom. The van der Waals surface area contributed by atoms with Crippen molar-refractivity contribution in [3.8, 4) is 5.75 Å². The fraction of sp³-hybridized carbons (Fsp3) is 0.350. The van der Waals surface area contributed by atoms with Gasteiger partial charge in [-0.25, -0.2) is 0 Å². The van der Waals surface area contributed by atoms with E-state index in [1.165, 1.54) is 0 Å². The maximum Gasteiger partial charge on any atom is 0.191 e. The van der Waals surface area contributed by atoms with E-state index >= 15 is 0 Å². The summed E-state index contributed by atoms with van der Waals surface area (Å²) in [7, 11) is 0. The minimum Gasteiger partial charge on any atom is -0.490 e. The van der Waals surface area contributed by atoms with E-state index in [1.54, 1.807) is 6.07 Å². The van der Waals surface area contributed by atoms with Crippen LogP contribution in [0, 0.1) is 0 Å². The first kappa shape index (κ1) is 23.5. The number of guanidine groups is 1. The largest absolute Gasteiger partial charge is 0.490 e. The molecular formula is C20H27ClIN3O2. The summed E-state index contributed by atoms with van der Waals surface area (Å²) in [5.41, 5.74) is 1.08.